The number of nitrogens with zero attached hydrogens (tertiary/aromatic N) is 1. The van der Waals surface area contributed by atoms with Crippen molar-refractivity contribution in [2.75, 3.05) is 20.7 Å². The molecule has 1 fully saturated rings. The van der Waals surface area contributed by atoms with Gasteiger partial charge in [-0.3, -0.25) is 4.79 Å². The molecule has 0 aliphatic carbocycles. The van der Waals surface area contributed by atoms with Gasteiger partial charge < -0.3 is 19.4 Å². The number of hydrogen-bond donors (Lipinski definition) is 1. The maximum Gasteiger partial charge on any atom is 0.341 e. The summed E-state index contributed by atoms with van der Waals surface area (Å²) in [4.78, 5) is 25.7. The summed E-state index contributed by atoms with van der Waals surface area (Å²) in [5.41, 5.74) is 0.411. The van der Waals surface area contributed by atoms with Gasteiger partial charge in [0.25, 0.3) is 0 Å². The molecule has 1 aliphatic heterocycles. The molecule has 1 amide bonds. The molecule has 0 spiro atoms. The molecule has 0 saturated carbocycles. The summed E-state index contributed by atoms with van der Waals surface area (Å²) in [6.45, 7) is 5.04. The Balaban J connectivity index is 0.00000264. The highest BCUT2D eigenvalue weighted by Gasteiger charge is 2.27. The zero-order valence-electron chi connectivity index (χ0n) is 14.0. The molecular formula is C16H25ClN2O4. The molecule has 23 heavy (non-hydrogen) atoms. The van der Waals surface area contributed by atoms with Crippen LogP contribution in [0.3, 0.4) is 0 Å². The third kappa shape index (κ3) is 4.72. The predicted molar refractivity (Wildman–Crippen MR) is 88.7 cm³/mol. The molecule has 2 atom stereocenters. The lowest BCUT2D eigenvalue weighted by Crippen LogP contribution is -2.42. The van der Waals surface area contributed by atoms with Gasteiger partial charge in [0.1, 0.15) is 17.1 Å². The fraction of sp³-hybridized carbons (Fsp3) is 0.625. The topological polar surface area (TPSA) is 71.8 Å². The Morgan fingerprint density at radius 2 is 2.17 bits per heavy atom. The third-order valence-corrected chi connectivity index (χ3v) is 4.12. The van der Waals surface area contributed by atoms with Crippen molar-refractivity contribution < 1.29 is 18.7 Å². The number of ether oxygens (including phenoxy) is 1. The minimum absolute atomic E-state index is 0. The number of aryl methyl sites for hydroxylation is 1. The zero-order chi connectivity index (χ0) is 16.3. The molecule has 0 aromatic carbocycles. The molecular weight excluding hydrogens is 320 g/mol. The van der Waals surface area contributed by atoms with Crippen LogP contribution in [-0.4, -0.2) is 43.5 Å². The Kier molecular flexibility index (Phi) is 7.09. The van der Waals surface area contributed by atoms with Crippen LogP contribution in [0.2, 0.25) is 0 Å². The second kappa shape index (κ2) is 8.36. The summed E-state index contributed by atoms with van der Waals surface area (Å²) < 4.78 is 10.3. The van der Waals surface area contributed by atoms with Gasteiger partial charge in [0.15, 0.2) is 0 Å². The molecule has 1 N–H and O–H groups in total. The highest BCUT2D eigenvalue weighted by Crippen LogP contribution is 2.21. The van der Waals surface area contributed by atoms with E-state index in [2.05, 4.69) is 12.2 Å². The first-order valence-corrected chi connectivity index (χ1v) is 7.58. The van der Waals surface area contributed by atoms with E-state index in [0.717, 1.165) is 19.4 Å². The minimum Gasteiger partial charge on any atom is -0.465 e. The number of rotatable bonds is 4. The van der Waals surface area contributed by atoms with E-state index in [-0.39, 0.29) is 24.2 Å². The predicted octanol–water partition coefficient (Wildman–Crippen LogP) is 2.14. The van der Waals surface area contributed by atoms with E-state index in [1.54, 1.807) is 24.9 Å². The van der Waals surface area contributed by atoms with Crippen LogP contribution >= 0.6 is 12.4 Å². The molecule has 1 saturated heterocycles. The average Bonchev–Trinajstić information content (AvgIpc) is 2.86. The van der Waals surface area contributed by atoms with Crippen LogP contribution in [0.25, 0.3) is 0 Å². The number of furan rings is 1. The van der Waals surface area contributed by atoms with Crippen molar-refractivity contribution in [2.45, 2.75) is 39.3 Å². The molecule has 7 heteroatoms. The molecule has 1 aliphatic rings. The molecule has 0 bridgehead atoms. The first kappa shape index (κ1) is 19.5. The van der Waals surface area contributed by atoms with E-state index in [4.69, 9.17) is 9.15 Å². The lowest BCUT2D eigenvalue weighted by Gasteiger charge is -2.30. The van der Waals surface area contributed by atoms with Crippen molar-refractivity contribution in [2.24, 2.45) is 5.92 Å². The van der Waals surface area contributed by atoms with Crippen LogP contribution in [0.1, 0.15) is 41.6 Å². The van der Waals surface area contributed by atoms with E-state index in [1.165, 1.54) is 7.11 Å². The highest BCUT2D eigenvalue weighted by molar-refractivity contribution is 5.90. The van der Waals surface area contributed by atoms with Gasteiger partial charge in [-0.05, 0) is 39.3 Å². The molecule has 6 nitrogen and oxygen atoms in total. The maximum absolute atomic E-state index is 12.5. The molecule has 2 heterocycles. The third-order valence-electron chi connectivity index (χ3n) is 4.12. The summed E-state index contributed by atoms with van der Waals surface area (Å²) in [6.07, 6.45) is 1.71. The first-order valence-electron chi connectivity index (χ1n) is 7.58. The number of hydrogen-bond acceptors (Lipinski definition) is 5. The Morgan fingerprint density at radius 3 is 2.78 bits per heavy atom. The molecule has 2 rings (SSSR count). The summed E-state index contributed by atoms with van der Waals surface area (Å²) in [5.74, 6) is 0.863. The fourth-order valence-electron chi connectivity index (χ4n) is 2.91. The average molecular weight is 345 g/mol. The first-order chi connectivity index (χ1) is 10.4. The molecule has 1 aromatic heterocycles. The van der Waals surface area contributed by atoms with Crippen LogP contribution in [-0.2, 0) is 16.1 Å². The SMILES string of the molecule is COC(=O)c1cc(CN(C)C(=O)[C@H]2CCN[C@@H](C)C2)oc1C.Cl. The van der Waals surface area contributed by atoms with E-state index in [1.807, 2.05) is 0 Å². The van der Waals surface area contributed by atoms with Crippen LogP contribution in [0.5, 0.6) is 0 Å². The number of nitrogens with one attached hydrogen (secondary N) is 1. The molecule has 1 aromatic rings. The molecule has 130 valence electrons. The van der Waals surface area contributed by atoms with E-state index in [9.17, 15) is 9.59 Å². The van der Waals surface area contributed by atoms with Crippen molar-refractivity contribution in [3.8, 4) is 0 Å². The van der Waals surface area contributed by atoms with Gasteiger partial charge in [-0.25, -0.2) is 4.79 Å². The largest absolute Gasteiger partial charge is 0.465 e. The number of carbonyl (C=O) groups excluding carboxylic acids is 2. The standard InChI is InChI=1S/C16H24N2O4.ClH/c1-10-7-12(5-6-17-10)15(19)18(3)9-13-8-14(11(2)22-13)16(20)21-4;/h8,10,12,17H,5-7,9H2,1-4H3;1H/t10-,12-;/m0./s1. The Bertz CT molecular complexity index is 558. The van der Waals surface area contributed by atoms with Gasteiger partial charge in [0.05, 0.1) is 13.7 Å². The van der Waals surface area contributed by atoms with Crippen LogP contribution < -0.4 is 5.32 Å². The Hall–Kier alpha value is -1.53. The number of halogens is 1. The zero-order valence-corrected chi connectivity index (χ0v) is 14.9. The van der Waals surface area contributed by atoms with Gasteiger partial charge in [0.2, 0.25) is 5.91 Å². The number of methoxy groups -OCH3 is 1. The summed E-state index contributed by atoms with van der Waals surface area (Å²) in [6, 6.07) is 2.02. The van der Waals surface area contributed by atoms with Crippen molar-refractivity contribution in [1.82, 2.24) is 10.2 Å². The van der Waals surface area contributed by atoms with Crippen LogP contribution in [0.15, 0.2) is 10.5 Å². The van der Waals surface area contributed by atoms with Crippen molar-refractivity contribution >= 4 is 24.3 Å². The van der Waals surface area contributed by atoms with Crippen LogP contribution in [0, 0.1) is 12.8 Å². The Morgan fingerprint density at radius 1 is 1.48 bits per heavy atom. The van der Waals surface area contributed by atoms with E-state index in [0.29, 0.717) is 29.7 Å². The van der Waals surface area contributed by atoms with Gasteiger partial charge >= 0.3 is 5.97 Å². The summed E-state index contributed by atoms with van der Waals surface area (Å²) in [5, 5.41) is 3.34. The maximum atomic E-state index is 12.5. The normalized spacial score (nSPS) is 20.5. The lowest BCUT2D eigenvalue weighted by atomic mass is 9.92. The summed E-state index contributed by atoms with van der Waals surface area (Å²) in [7, 11) is 3.10. The second-order valence-corrected chi connectivity index (χ2v) is 5.94. The fourth-order valence-corrected chi connectivity index (χ4v) is 2.91. The van der Waals surface area contributed by atoms with Gasteiger partial charge in [0, 0.05) is 19.0 Å². The van der Waals surface area contributed by atoms with Crippen molar-refractivity contribution in [3.05, 3.63) is 23.2 Å². The second-order valence-electron chi connectivity index (χ2n) is 5.94. The number of piperidine rings is 1. The molecule has 0 unspecified atom stereocenters. The van der Waals surface area contributed by atoms with Crippen molar-refractivity contribution in [3.63, 3.8) is 0 Å². The number of amides is 1. The minimum atomic E-state index is -0.423. The summed E-state index contributed by atoms with van der Waals surface area (Å²) >= 11 is 0. The van der Waals surface area contributed by atoms with Crippen LogP contribution in [0.4, 0.5) is 0 Å². The number of carbonyl (C=O) groups is 2. The monoisotopic (exact) mass is 344 g/mol. The van der Waals surface area contributed by atoms with E-state index < -0.39 is 5.97 Å². The highest BCUT2D eigenvalue weighted by atomic mass is 35.5. The van der Waals surface area contributed by atoms with Gasteiger partial charge in [-0.2, -0.15) is 0 Å². The van der Waals surface area contributed by atoms with Crippen molar-refractivity contribution in [1.29, 1.82) is 0 Å². The lowest BCUT2D eigenvalue weighted by molar-refractivity contribution is -0.136. The van der Waals surface area contributed by atoms with Gasteiger partial charge in [-0.15, -0.1) is 12.4 Å². The van der Waals surface area contributed by atoms with Gasteiger partial charge in [-0.1, -0.05) is 0 Å². The smallest absolute Gasteiger partial charge is 0.341 e. The quantitative estimate of drug-likeness (QED) is 0.847. The number of esters is 1. The molecule has 0 radical (unpaired) electrons. The van der Waals surface area contributed by atoms with E-state index >= 15 is 0 Å². The Labute approximate surface area is 142 Å².